The van der Waals surface area contributed by atoms with E-state index in [1.54, 1.807) is 19.1 Å². The topological polar surface area (TPSA) is 87.6 Å². The van der Waals surface area contributed by atoms with Gasteiger partial charge in [0.1, 0.15) is 5.75 Å². The molecule has 0 saturated heterocycles. The zero-order valence-corrected chi connectivity index (χ0v) is 10.1. The molecule has 0 unspecified atom stereocenters. The van der Waals surface area contributed by atoms with Crippen LogP contribution in [0.15, 0.2) is 17.8 Å². The summed E-state index contributed by atoms with van der Waals surface area (Å²) in [5.41, 5.74) is 13.5. The summed E-state index contributed by atoms with van der Waals surface area (Å²) in [5.74, 6) is -0.0342. The van der Waals surface area contributed by atoms with Gasteiger partial charge in [-0.05, 0) is 25.1 Å². The Bertz CT molecular complexity index is 463. The lowest BCUT2D eigenvalue weighted by Crippen LogP contribution is -2.05. The molecule has 0 fully saturated rings. The van der Waals surface area contributed by atoms with Gasteiger partial charge in [0.15, 0.2) is 0 Å². The van der Waals surface area contributed by atoms with E-state index in [4.69, 9.17) is 16.2 Å². The number of benzene rings is 1. The number of hydrogen-bond acceptors (Lipinski definition) is 5. The molecule has 0 radical (unpaired) electrons. The highest BCUT2D eigenvalue weighted by Gasteiger charge is 2.12. The molecule has 0 spiro atoms. The predicted octanol–water partition coefficient (Wildman–Crippen LogP) is 1.38. The Morgan fingerprint density at radius 3 is 2.47 bits per heavy atom. The second-order valence-electron chi connectivity index (χ2n) is 3.56. The molecule has 5 nitrogen and oxygen atoms in total. The standard InChI is InChI=1S/C12H16N2O3/c1-7(13)4-8-5-9(12(15)17-3)6-10(16-2)11(8)14/h4-6H,13-14H2,1-3H3/b7-4-. The van der Waals surface area contributed by atoms with Gasteiger partial charge < -0.3 is 20.9 Å². The van der Waals surface area contributed by atoms with E-state index >= 15 is 0 Å². The van der Waals surface area contributed by atoms with Crippen LogP contribution in [0.3, 0.4) is 0 Å². The maximum atomic E-state index is 11.5. The number of anilines is 1. The zero-order valence-electron chi connectivity index (χ0n) is 10.1. The number of hydrogen-bond donors (Lipinski definition) is 2. The third-order valence-electron chi connectivity index (χ3n) is 2.20. The van der Waals surface area contributed by atoms with Gasteiger partial charge in [-0.3, -0.25) is 0 Å². The monoisotopic (exact) mass is 236 g/mol. The quantitative estimate of drug-likeness (QED) is 0.611. The largest absolute Gasteiger partial charge is 0.495 e. The summed E-state index contributed by atoms with van der Waals surface area (Å²) in [6.07, 6.45) is 1.67. The van der Waals surface area contributed by atoms with Gasteiger partial charge in [0.05, 0.1) is 25.5 Å². The molecule has 0 aliphatic carbocycles. The third kappa shape index (κ3) is 2.90. The van der Waals surface area contributed by atoms with E-state index in [9.17, 15) is 4.79 Å². The number of nitrogens with two attached hydrogens (primary N) is 2. The Balaban J connectivity index is 3.38. The van der Waals surface area contributed by atoms with Gasteiger partial charge in [-0.25, -0.2) is 4.79 Å². The highest BCUT2D eigenvalue weighted by molar-refractivity contribution is 5.92. The van der Waals surface area contributed by atoms with Crippen molar-refractivity contribution in [3.05, 3.63) is 29.0 Å². The molecule has 0 saturated carbocycles. The van der Waals surface area contributed by atoms with Crippen molar-refractivity contribution >= 4 is 17.7 Å². The van der Waals surface area contributed by atoms with Gasteiger partial charge >= 0.3 is 5.97 Å². The summed E-state index contributed by atoms with van der Waals surface area (Å²) in [4.78, 5) is 11.5. The molecule has 17 heavy (non-hydrogen) atoms. The Morgan fingerprint density at radius 2 is 2.00 bits per heavy atom. The highest BCUT2D eigenvalue weighted by atomic mass is 16.5. The molecule has 0 amide bonds. The van der Waals surface area contributed by atoms with Crippen LogP contribution in [-0.4, -0.2) is 20.2 Å². The second-order valence-corrected chi connectivity index (χ2v) is 3.56. The van der Waals surface area contributed by atoms with Crippen LogP contribution >= 0.6 is 0 Å². The van der Waals surface area contributed by atoms with Crippen LogP contribution < -0.4 is 16.2 Å². The minimum absolute atomic E-state index is 0.367. The van der Waals surface area contributed by atoms with E-state index in [1.165, 1.54) is 20.3 Å². The van der Waals surface area contributed by atoms with Crippen LogP contribution in [0.4, 0.5) is 5.69 Å². The van der Waals surface area contributed by atoms with Crippen LogP contribution in [0, 0.1) is 0 Å². The highest BCUT2D eigenvalue weighted by Crippen LogP contribution is 2.29. The van der Waals surface area contributed by atoms with Crippen molar-refractivity contribution in [3.8, 4) is 5.75 Å². The molecule has 5 heteroatoms. The second kappa shape index (κ2) is 5.25. The number of nitrogen functional groups attached to an aromatic ring is 1. The molecule has 0 aromatic heterocycles. The van der Waals surface area contributed by atoms with E-state index in [0.29, 0.717) is 28.3 Å². The fourth-order valence-corrected chi connectivity index (χ4v) is 1.42. The lowest BCUT2D eigenvalue weighted by Gasteiger charge is -2.10. The number of allylic oxidation sites excluding steroid dienone is 1. The van der Waals surface area contributed by atoms with E-state index in [-0.39, 0.29) is 0 Å². The third-order valence-corrected chi connectivity index (χ3v) is 2.20. The average molecular weight is 236 g/mol. The maximum Gasteiger partial charge on any atom is 0.338 e. The molecule has 0 heterocycles. The lowest BCUT2D eigenvalue weighted by molar-refractivity contribution is 0.0600. The van der Waals surface area contributed by atoms with Crippen LogP contribution in [0.1, 0.15) is 22.8 Å². The van der Waals surface area contributed by atoms with Crippen molar-refractivity contribution in [2.24, 2.45) is 5.73 Å². The van der Waals surface area contributed by atoms with Crippen LogP contribution in [0.2, 0.25) is 0 Å². The molecule has 4 N–H and O–H groups in total. The molecule has 1 aromatic carbocycles. The smallest absolute Gasteiger partial charge is 0.338 e. The average Bonchev–Trinajstić information content (AvgIpc) is 2.30. The summed E-state index contributed by atoms with van der Waals surface area (Å²) in [7, 11) is 2.80. The molecular weight excluding hydrogens is 220 g/mol. The van der Waals surface area contributed by atoms with Crippen molar-refractivity contribution in [2.75, 3.05) is 20.0 Å². The van der Waals surface area contributed by atoms with Crippen molar-refractivity contribution in [1.82, 2.24) is 0 Å². The summed E-state index contributed by atoms with van der Waals surface area (Å²) in [6, 6.07) is 3.14. The van der Waals surface area contributed by atoms with Crippen molar-refractivity contribution in [2.45, 2.75) is 6.92 Å². The van der Waals surface area contributed by atoms with E-state index < -0.39 is 5.97 Å². The van der Waals surface area contributed by atoms with Gasteiger partial charge in [-0.15, -0.1) is 0 Å². The van der Waals surface area contributed by atoms with Crippen LogP contribution in [-0.2, 0) is 4.74 Å². The Labute approximate surface area is 100.0 Å². The van der Waals surface area contributed by atoms with Crippen molar-refractivity contribution < 1.29 is 14.3 Å². The first-order valence-electron chi connectivity index (χ1n) is 4.99. The molecule has 92 valence electrons. The fourth-order valence-electron chi connectivity index (χ4n) is 1.42. The number of methoxy groups -OCH3 is 2. The van der Waals surface area contributed by atoms with Crippen LogP contribution in [0.5, 0.6) is 5.75 Å². The van der Waals surface area contributed by atoms with E-state index in [2.05, 4.69) is 4.74 Å². The van der Waals surface area contributed by atoms with Crippen molar-refractivity contribution in [1.29, 1.82) is 0 Å². The molecule has 0 bridgehead atoms. The summed E-state index contributed by atoms with van der Waals surface area (Å²) in [5, 5.41) is 0. The zero-order chi connectivity index (χ0) is 13.0. The van der Waals surface area contributed by atoms with Gasteiger partial charge in [-0.1, -0.05) is 0 Å². The molecule has 1 rings (SSSR count). The first-order valence-corrected chi connectivity index (χ1v) is 4.99. The van der Waals surface area contributed by atoms with E-state index in [0.717, 1.165) is 0 Å². The maximum absolute atomic E-state index is 11.5. The number of esters is 1. The number of ether oxygens (including phenoxy) is 2. The molecular formula is C12H16N2O3. The molecule has 0 aliphatic rings. The first kappa shape index (κ1) is 12.9. The SMILES string of the molecule is COC(=O)c1cc(/C=C(/C)N)c(N)c(OC)c1. The number of rotatable bonds is 3. The van der Waals surface area contributed by atoms with E-state index in [1.807, 2.05) is 0 Å². The van der Waals surface area contributed by atoms with Gasteiger partial charge in [0.25, 0.3) is 0 Å². The Hall–Kier alpha value is -2.17. The Morgan fingerprint density at radius 1 is 1.35 bits per heavy atom. The first-order chi connectivity index (χ1) is 7.99. The number of carbonyl (C=O) groups is 1. The number of carbonyl (C=O) groups excluding carboxylic acids is 1. The molecule has 0 aliphatic heterocycles. The summed E-state index contributed by atoms with van der Waals surface area (Å²) in [6.45, 7) is 1.73. The normalized spacial score (nSPS) is 11.1. The van der Waals surface area contributed by atoms with Gasteiger partial charge in [0, 0.05) is 11.3 Å². The lowest BCUT2D eigenvalue weighted by atomic mass is 10.1. The fraction of sp³-hybridized carbons (Fsp3) is 0.250. The minimum Gasteiger partial charge on any atom is -0.495 e. The summed E-state index contributed by atoms with van der Waals surface area (Å²) < 4.78 is 9.75. The molecule has 0 atom stereocenters. The van der Waals surface area contributed by atoms with Gasteiger partial charge in [-0.2, -0.15) is 0 Å². The van der Waals surface area contributed by atoms with Gasteiger partial charge in [0.2, 0.25) is 0 Å². The van der Waals surface area contributed by atoms with Crippen molar-refractivity contribution in [3.63, 3.8) is 0 Å². The predicted molar refractivity (Wildman–Crippen MR) is 66.6 cm³/mol. The van der Waals surface area contributed by atoms with Crippen LogP contribution in [0.25, 0.3) is 6.08 Å². The molecule has 1 aromatic rings. The minimum atomic E-state index is -0.451. The Kier molecular flexibility index (Phi) is 3.98. The summed E-state index contributed by atoms with van der Waals surface area (Å²) >= 11 is 0.